The number of hydrogen-bond acceptors (Lipinski definition) is 3. The van der Waals surface area contributed by atoms with E-state index in [0.717, 1.165) is 18.4 Å². The average Bonchev–Trinajstić information content (AvgIpc) is 2.27. The molecule has 19 heavy (non-hydrogen) atoms. The molecule has 0 saturated carbocycles. The first-order valence-electron chi connectivity index (χ1n) is 6.67. The van der Waals surface area contributed by atoms with Gasteiger partial charge in [0.05, 0.1) is 11.0 Å². The average molecular weight is 284 g/mol. The number of benzene rings is 1. The van der Waals surface area contributed by atoms with E-state index in [2.05, 4.69) is 0 Å². The summed E-state index contributed by atoms with van der Waals surface area (Å²) in [5.41, 5.74) is 0.827. The van der Waals surface area contributed by atoms with Crippen LogP contribution in [0.3, 0.4) is 0 Å². The molecular weight excluding hydrogens is 260 g/mol. The van der Waals surface area contributed by atoms with Gasteiger partial charge in [-0.05, 0) is 30.9 Å². The summed E-state index contributed by atoms with van der Waals surface area (Å²) in [6.07, 6.45) is 1.32. The molecule has 3 nitrogen and oxygen atoms in total. The second-order valence-electron chi connectivity index (χ2n) is 6.01. The van der Waals surface area contributed by atoms with Gasteiger partial charge in [-0.1, -0.05) is 51.8 Å². The molecule has 0 spiro atoms. The van der Waals surface area contributed by atoms with Crippen molar-refractivity contribution in [2.45, 2.75) is 58.5 Å². The fourth-order valence-corrected chi connectivity index (χ4v) is 3.07. The largest absolute Gasteiger partial charge is 0.297 e. The van der Waals surface area contributed by atoms with Crippen molar-refractivity contribution in [3.8, 4) is 0 Å². The Bertz CT molecular complexity index is 495. The zero-order valence-corrected chi connectivity index (χ0v) is 13.3. The van der Waals surface area contributed by atoms with Gasteiger partial charge < -0.3 is 0 Å². The molecule has 1 aromatic carbocycles. The van der Waals surface area contributed by atoms with Crippen molar-refractivity contribution >= 4 is 10.1 Å². The maximum atomic E-state index is 12.3. The van der Waals surface area contributed by atoms with Gasteiger partial charge in [-0.2, -0.15) is 8.42 Å². The van der Waals surface area contributed by atoms with E-state index in [0.29, 0.717) is 0 Å². The highest BCUT2D eigenvalue weighted by atomic mass is 32.2. The Morgan fingerprint density at radius 2 is 1.68 bits per heavy atom. The minimum atomic E-state index is -3.68. The zero-order chi connectivity index (χ0) is 14.7. The molecule has 0 heterocycles. The lowest BCUT2D eigenvalue weighted by Gasteiger charge is -2.29. The summed E-state index contributed by atoms with van der Waals surface area (Å²) in [5.74, 6) is 0. The second kappa shape index (κ2) is 6.06. The summed E-state index contributed by atoms with van der Waals surface area (Å²) in [6.45, 7) is 9.95. The van der Waals surface area contributed by atoms with Crippen LogP contribution in [0.25, 0.3) is 0 Å². The Morgan fingerprint density at radius 3 is 2.11 bits per heavy atom. The molecule has 0 aliphatic rings. The van der Waals surface area contributed by atoms with Crippen LogP contribution < -0.4 is 0 Å². The predicted molar refractivity (Wildman–Crippen MR) is 77.6 cm³/mol. The molecule has 0 amide bonds. The normalized spacial score (nSPS) is 14.4. The highest BCUT2D eigenvalue weighted by Gasteiger charge is 2.30. The van der Waals surface area contributed by atoms with Crippen LogP contribution >= 0.6 is 0 Å². The van der Waals surface area contributed by atoms with E-state index in [1.807, 2.05) is 34.6 Å². The Morgan fingerprint density at radius 1 is 1.16 bits per heavy atom. The maximum absolute atomic E-state index is 12.3. The van der Waals surface area contributed by atoms with Gasteiger partial charge in [0, 0.05) is 0 Å². The van der Waals surface area contributed by atoms with Gasteiger partial charge >= 0.3 is 0 Å². The molecule has 0 N–H and O–H groups in total. The fourth-order valence-electron chi connectivity index (χ4n) is 1.80. The molecule has 4 heteroatoms. The van der Waals surface area contributed by atoms with Gasteiger partial charge in [-0.25, -0.2) is 0 Å². The Hall–Kier alpha value is -0.870. The third-order valence-corrected chi connectivity index (χ3v) is 4.40. The van der Waals surface area contributed by atoms with Crippen molar-refractivity contribution in [2.24, 2.45) is 5.41 Å². The highest BCUT2D eigenvalue weighted by molar-refractivity contribution is 7.86. The number of aryl methyl sites for hydroxylation is 1. The van der Waals surface area contributed by atoms with Crippen LogP contribution in [0.5, 0.6) is 0 Å². The van der Waals surface area contributed by atoms with Gasteiger partial charge in [0.2, 0.25) is 0 Å². The van der Waals surface area contributed by atoms with E-state index >= 15 is 0 Å². The van der Waals surface area contributed by atoms with Crippen molar-refractivity contribution in [3.63, 3.8) is 0 Å². The Kier molecular flexibility index (Phi) is 5.16. The minimum Gasteiger partial charge on any atom is -0.262 e. The molecule has 0 bridgehead atoms. The molecule has 108 valence electrons. The van der Waals surface area contributed by atoms with Crippen LogP contribution in [0.4, 0.5) is 0 Å². The first-order valence-corrected chi connectivity index (χ1v) is 8.07. The van der Waals surface area contributed by atoms with Crippen molar-refractivity contribution in [3.05, 3.63) is 29.8 Å². The molecule has 1 atom stereocenters. The fraction of sp³-hybridized carbons (Fsp3) is 0.600. The molecule has 0 aliphatic carbocycles. The second-order valence-corrected chi connectivity index (χ2v) is 7.58. The van der Waals surface area contributed by atoms with Gasteiger partial charge in [-0.3, -0.25) is 4.18 Å². The van der Waals surface area contributed by atoms with E-state index in [-0.39, 0.29) is 16.4 Å². The predicted octanol–water partition coefficient (Wildman–Crippen LogP) is 3.92. The standard InChI is InChI=1S/C15H24O3S/c1-6-7-14(15(3,4)5)18-19(16,17)13-10-8-12(2)9-11-13/h8-11,14H,6-7H2,1-5H3. The van der Waals surface area contributed by atoms with Crippen molar-refractivity contribution < 1.29 is 12.6 Å². The molecule has 1 rings (SSSR count). The smallest absolute Gasteiger partial charge is 0.262 e. The summed E-state index contributed by atoms with van der Waals surface area (Å²) in [5, 5.41) is 0. The Labute approximate surface area is 117 Å². The summed E-state index contributed by atoms with van der Waals surface area (Å²) in [4.78, 5) is 0.225. The molecule has 0 aliphatic heterocycles. The van der Waals surface area contributed by atoms with Crippen LogP contribution in [-0.2, 0) is 14.3 Å². The summed E-state index contributed by atoms with van der Waals surface area (Å²) in [6, 6.07) is 6.75. The summed E-state index contributed by atoms with van der Waals surface area (Å²) < 4.78 is 29.9. The van der Waals surface area contributed by atoms with Crippen molar-refractivity contribution in [1.82, 2.24) is 0 Å². The van der Waals surface area contributed by atoms with Crippen LogP contribution in [0.2, 0.25) is 0 Å². The van der Waals surface area contributed by atoms with Crippen LogP contribution in [-0.4, -0.2) is 14.5 Å². The summed E-state index contributed by atoms with van der Waals surface area (Å²) in [7, 11) is -3.68. The van der Waals surface area contributed by atoms with E-state index in [9.17, 15) is 8.42 Å². The molecule has 0 aromatic heterocycles. The van der Waals surface area contributed by atoms with Crippen LogP contribution in [0.1, 0.15) is 46.1 Å². The summed E-state index contributed by atoms with van der Waals surface area (Å²) >= 11 is 0. The van der Waals surface area contributed by atoms with E-state index in [1.54, 1.807) is 24.3 Å². The minimum absolute atomic E-state index is 0.201. The van der Waals surface area contributed by atoms with E-state index in [1.165, 1.54) is 0 Å². The third-order valence-electron chi connectivity index (χ3n) is 3.07. The molecular formula is C15H24O3S. The maximum Gasteiger partial charge on any atom is 0.297 e. The SMILES string of the molecule is CCCC(OS(=O)(=O)c1ccc(C)cc1)C(C)(C)C. The topological polar surface area (TPSA) is 43.4 Å². The third kappa shape index (κ3) is 4.62. The Balaban J connectivity index is 2.97. The van der Waals surface area contributed by atoms with Gasteiger partial charge in [0.25, 0.3) is 10.1 Å². The first-order chi connectivity index (χ1) is 8.66. The van der Waals surface area contributed by atoms with Crippen molar-refractivity contribution in [2.75, 3.05) is 0 Å². The van der Waals surface area contributed by atoms with Gasteiger partial charge in [0.15, 0.2) is 0 Å². The zero-order valence-electron chi connectivity index (χ0n) is 12.4. The van der Waals surface area contributed by atoms with E-state index < -0.39 is 10.1 Å². The molecule has 1 unspecified atom stereocenters. The monoisotopic (exact) mass is 284 g/mol. The quantitative estimate of drug-likeness (QED) is 0.770. The molecule has 0 saturated heterocycles. The van der Waals surface area contributed by atoms with Gasteiger partial charge in [0.1, 0.15) is 0 Å². The molecule has 0 fully saturated rings. The van der Waals surface area contributed by atoms with Crippen LogP contribution in [0, 0.1) is 12.3 Å². The number of rotatable bonds is 5. The molecule has 1 aromatic rings. The van der Waals surface area contributed by atoms with Crippen LogP contribution in [0.15, 0.2) is 29.2 Å². The lowest BCUT2D eigenvalue weighted by Crippen LogP contribution is -2.31. The molecule has 0 radical (unpaired) electrons. The van der Waals surface area contributed by atoms with Crippen molar-refractivity contribution in [1.29, 1.82) is 0 Å². The lowest BCUT2D eigenvalue weighted by atomic mass is 9.87. The highest BCUT2D eigenvalue weighted by Crippen LogP contribution is 2.29. The van der Waals surface area contributed by atoms with Gasteiger partial charge in [-0.15, -0.1) is 0 Å². The van der Waals surface area contributed by atoms with E-state index in [4.69, 9.17) is 4.18 Å². The first kappa shape index (κ1) is 16.2. The lowest BCUT2D eigenvalue weighted by molar-refractivity contribution is 0.0845. The number of hydrogen-bond donors (Lipinski definition) is 0.